The second-order valence-electron chi connectivity index (χ2n) is 4.98. The van der Waals surface area contributed by atoms with Gasteiger partial charge >= 0.3 is 0 Å². The second-order valence-corrected chi connectivity index (χ2v) is 5.16. The molecular weight excluding hydrogens is 222 g/mol. The zero-order valence-corrected chi connectivity index (χ0v) is 10.5. The number of ether oxygens (including phenoxy) is 1. The van der Waals surface area contributed by atoms with E-state index in [0.29, 0.717) is 11.9 Å². The minimum atomic E-state index is 0.0395. The van der Waals surface area contributed by atoms with Crippen LogP contribution in [0.25, 0.3) is 0 Å². The molecule has 1 fully saturated rings. The zero-order valence-electron chi connectivity index (χ0n) is 9.73. The lowest BCUT2D eigenvalue weighted by Gasteiger charge is -2.31. The van der Waals surface area contributed by atoms with E-state index in [0.717, 1.165) is 18.9 Å². The van der Waals surface area contributed by atoms with Crippen LogP contribution in [0.1, 0.15) is 32.5 Å². The molecule has 2 heterocycles. The van der Waals surface area contributed by atoms with Crippen molar-refractivity contribution in [3.63, 3.8) is 0 Å². The molecule has 4 nitrogen and oxygen atoms in total. The van der Waals surface area contributed by atoms with E-state index in [-0.39, 0.29) is 5.41 Å². The van der Waals surface area contributed by atoms with Gasteiger partial charge in [0, 0.05) is 17.2 Å². The Bertz CT molecular complexity index is 437. The Labute approximate surface area is 100 Å². The largest absolute Gasteiger partial charge is 0.377 e. The van der Waals surface area contributed by atoms with E-state index in [1.54, 1.807) is 0 Å². The van der Waals surface area contributed by atoms with E-state index in [9.17, 15) is 0 Å². The smallest absolute Gasteiger partial charge is 0.184 e. The molecule has 0 aromatic carbocycles. The molecule has 0 N–H and O–H groups in total. The number of hydrogen-bond donors (Lipinski definition) is 0. The molecule has 86 valence electrons. The van der Waals surface area contributed by atoms with Crippen LogP contribution in [-0.4, -0.2) is 28.2 Å². The highest BCUT2D eigenvalue weighted by Gasteiger charge is 2.29. The van der Waals surface area contributed by atoms with Crippen molar-refractivity contribution in [2.45, 2.75) is 32.2 Å². The van der Waals surface area contributed by atoms with E-state index in [1.807, 2.05) is 10.7 Å². The molecule has 16 heavy (non-hydrogen) atoms. The van der Waals surface area contributed by atoms with E-state index in [1.165, 1.54) is 0 Å². The van der Waals surface area contributed by atoms with Crippen molar-refractivity contribution >= 4 is 23.2 Å². The summed E-state index contributed by atoms with van der Waals surface area (Å²) in [6.45, 7) is 7.93. The molecule has 0 bridgehead atoms. The number of nitrogens with zero attached hydrogens (tertiary/aromatic N) is 3. The molecule has 1 saturated heterocycles. The minimum Gasteiger partial charge on any atom is -0.377 e. The molecule has 5 heteroatoms. The van der Waals surface area contributed by atoms with Gasteiger partial charge in [0.15, 0.2) is 5.82 Å². The zero-order chi connectivity index (χ0) is 11.8. The van der Waals surface area contributed by atoms with Gasteiger partial charge in [0.25, 0.3) is 0 Å². The second kappa shape index (κ2) is 4.09. The molecule has 1 aromatic heterocycles. The Balaban J connectivity index is 2.43. The fraction of sp³-hybridized carbons (Fsp3) is 0.636. The topological polar surface area (TPSA) is 39.4 Å². The van der Waals surface area contributed by atoms with Crippen LogP contribution in [0.15, 0.2) is 11.1 Å². The summed E-state index contributed by atoms with van der Waals surface area (Å²) in [5, 5.41) is 6.78. The van der Waals surface area contributed by atoms with Crippen molar-refractivity contribution in [2.24, 2.45) is 4.99 Å². The fourth-order valence-corrected chi connectivity index (χ4v) is 1.78. The number of aromatic nitrogens is 2. The van der Waals surface area contributed by atoms with Crippen LogP contribution in [0.4, 0.5) is 5.82 Å². The summed E-state index contributed by atoms with van der Waals surface area (Å²) in [4.78, 5) is 3.93. The lowest BCUT2D eigenvalue weighted by molar-refractivity contribution is -0.0306. The summed E-state index contributed by atoms with van der Waals surface area (Å²) in [7, 11) is 0. The van der Waals surface area contributed by atoms with Gasteiger partial charge in [-0.25, -0.2) is 0 Å². The first-order chi connectivity index (χ1) is 7.52. The van der Waals surface area contributed by atoms with Crippen molar-refractivity contribution in [1.29, 1.82) is 0 Å². The number of hydrogen-bond acceptors (Lipinski definition) is 4. The number of aliphatic imine (C=N–C) groups is 1. The lowest BCUT2D eigenvalue weighted by atomic mass is 9.91. The Morgan fingerprint density at radius 1 is 1.56 bits per heavy atom. The molecule has 0 spiro atoms. The molecule has 0 aliphatic carbocycles. The van der Waals surface area contributed by atoms with E-state index < -0.39 is 0 Å². The van der Waals surface area contributed by atoms with Gasteiger partial charge in [-0.2, -0.15) is 10.1 Å². The van der Waals surface area contributed by atoms with Crippen molar-refractivity contribution in [2.75, 3.05) is 13.2 Å². The quantitative estimate of drug-likeness (QED) is 0.586. The van der Waals surface area contributed by atoms with E-state index in [2.05, 4.69) is 48.2 Å². The number of rotatable bonds is 2. The number of isothiocyanates is 1. The molecule has 0 radical (unpaired) electrons. The Hall–Kier alpha value is -1.03. The molecule has 0 amide bonds. The highest BCUT2D eigenvalue weighted by Crippen LogP contribution is 2.30. The SMILES string of the molecule is CC(C)(C)c1cc(N=C=S)nn1C1COC1. The van der Waals surface area contributed by atoms with Crippen molar-refractivity contribution in [1.82, 2.24) is 9.78 Å². The monoisotopic (exact) mass is 237 g/mol. The summed E-state index contributed by atoms with van der Waals surface area (Å²) in [5.74, 6) is 0.631. The third kappa shape index (κ3) is 2.07. The van der Waals surface area contributed by atoms with Crippen LogP contribution in [0, 0.1) is 0 Å². The van der Waals surface area contributed by atoms with Gasteiger partial charge in [-0.3, -0.25) is 4.68 Å². The lowest BCUT2D eigenvalue weighted by Crippen LogP contribution is -2.34. The molecule has 0 unspecified atom stereocenters. The normalized spacial score (nSPS) is 16.7. The molecule has 0 saturated carbocycles. The first kappa shape index (κ1) is 11.5. The molecule has 1 aliphatic rings. The number of thiocarbonyl (C=S) groups is 1. The maximum atomic E-state index is 5.20. The van der Waals surface area contributed by atoms with Gasteiger partial charge in [0.05, 0.1) is 24.4 Å². The molecule has 2 rings (SSSR count). The molecular formula is C11H15N3OS. The molecule has 1 aromatic rings. The van der Waals surface area contributed by atoms with Gasteiger partial charge in [-0.1, -0.05) is 20.8 Å². The summed E-state index contributed by atoms with van der Waals surface area (Å²) in [5.41, 5.74) is 1.20. The van der Waals surface area contributed by atoms with Crippen LogP contribution in [-0.2, 0) is 10.2 Å². The Morgan fingerprint density at radius 3 is 2.69 bits per heavy atom. The van der Waals surface area contributed by atoms with Crippen LogP contribution < -0.4 is 0 Å². The van der Waals surface area contributed by atoms with Crippen molar-refractivity contribution in [3.05, 3.63) is 11.8 Å². The predicted octanol–water partition coefficient (Wildman–Crippen LogP) is 2.49. The van der Waals surface area contributed by atoms with Gasteiger partial charge < -0.3 is 4.74 Å². The van der Waals surface area contributed by atoms with E-state index >= 15 is 0 Å². The van der Waals surface area contributed by atoms with Gasteiger partial charge in [-0.05, 0) is 12.2 Å². The first-order valence-electron chi connectivity index (χ1n) is 5.28. The fourth-order valence-electron chi connectivity index (χ4n) is 1.69. The average molecular weight is 237 g/mol. The molecule has 1 aliphatic heterocycles. The van der Waals surface area contributed by atoms with Crippen LogP contribution in [0.3, 0.4) is 0 Å². The summed E-state index contributed by atoms with van der Waals surface area (Å²) < 4.78 is 7.21. The maximum absolute atomic E-state index is 5.20. The third-order valence-corrected chi connectivity index (χ3v) is 2.71. The Morgan fingerprint density at radius 2 is 2.25 bits per heavy atom. The maximum Gasteiger partial charge on any atom is 0.184 e. The first-order valence-corrected chi connectivity index (χ1v) is 5.69. The van der Waals surface area contributed by atoms with E-state index in [4.69, 9.17) is 4.74 Å². The van der Waals surface area contributed by atoms with Crippen molar-refractivity contribution in [3.8, 4) is 0 Å². The Kier molecular flexibility index (Phi) is 2.93. The third-order valence-electron chi connectivity index (χ3n) is 2.62. The minimum absolute atomic E-state index is 0.0395. The van der Waals surface area contributed by atoms with Gasteiger partial charge in [0.1, 0.15) is 0 Å². The average Bonchev–Trinajstić information content (AvgIpc) is 2.45. The summed E-state index contributed by atoms with van der Waals surface area (Å²) in [6.07, 6.45) is 0. The van der Waals surface area contributed by atoms with Crippen LogP contribution >= 0.6 is 12.2 Å². The van der Waals surface area contributed by atoms with Gasteiger partial charge in [-0.15, -0.1) is 0 Å². The predicted molar refractivity (Wildman–Crippen MR) is 65.5 cm³/mol. The highest BCUT2D eigenvalue weighted by molar-refractivity contribution is 7.78. The van der Waals surface area contributed by atoms with Crippen LogP contribution in [0.2, 0.25) is 0 Å². The standard InChI is InChI=1S/C11H15N3OS/c1-11(2,3)9-4-10(12-7-16)13-14(9)8-5-15-6-8/h4,8H,5-6H2,1-3H3. The van der Waals surface area contributed by atoms with Gasteiger partial charge in [0.2, 0.25) is 0 Å². The van der Waals surface area contributed by atoms with Crippen LogP contribution in [0.5, 0.6) is 0 Å². The van der Waals surface area contributed by atoms with Crippen molar-refractivity contribution < 1.29 is 4.74 Å². The molecule has 0 atom stereocenters. The summed E-state index contributed by atoms with van der Waals surface area (Å²) in [6, 6.07) is 2.31. The summed E-state index contributed by atoms with van der Waals surface area (Å²) >= 11 is 4.60. The highest BCUT2D eigenvalue weighted by atomic mass is 32.1.